The van der Waals surface area contributed by atoms with E-state index >= 15 is 0 Å². The summed E-state index contributed by atoms with van der Waals surface area (Å²) in [6.45, 7) is 4.99. The second kappa shape index (κ2) is 11.9. The number of ether oxygens (including phenoxy) is 3. The fraction of sp³-hybridized carbons (Fsp3) is 0.367. The molecule has 0 aliphatic carbocycles. The number of methoxy groups -OCH3 is 1. The molecule has 7 nitrogen and oxygen atoms in total. The summed E-state index contributed by atoms with van der Waals surface area (Å²) in [5.41, 5.74) is 7.55. The lowest BCUT2D eigenvalue weighted by Crippen LogP contribution is -2.24. The van der Waals surface area contributed by atoms with Crippen molar-refractivity contribution in [2.45, 2.75) is 39.2 Å². The number of fused-ring (bicyclic) bond motifs is 1. The molecule has 0 saturated carbocycles. The standard InChI is InChI=1S/C30H35NO6S/c1-20-15-25(36-13-6-14-38(4,33)34)16-21(2)30(20)24-8-5-7-23(18-24)27-19-37-28-17-22(9-11-26(28)31-27)10-12-29(32)35-3/h5,7-9,11,15-18,27,31H,6,10,12-14,19H2,1-4H3. The average Bonchev–Trinajstić information content (AvgIpc) is 2.88. The van der Waals surface area contributed by atoms with Crippen molar-refractivity contribution in [3.8, 4) is 22.6 Å². The SMILES string of the molecule is COC(=O)CCc1ccc2c(c1)OCC(c1cccc(-c3c(C)cc(OCCCS(C)(=O)=O)cc3C)c1)N2. The maximum atomic E-state index is 11.5. The van der Waals surface area contributed by atoms with Crippen molar-refractivity contribution in [1.82, 2.24) is 0 Å². The van der Waals surface area contributed by atoms with Gasteiger partial charge in [0, 0.05) is 12.7 Å². The first kappa shape index (κ1) is 27.5. The van der Waals surface area contributed by atoms with Crippen molar-refractivity contribution in [2.75, 3.05) is 37.6 Å². The summed E-state index contributed by atoms with van der Waals surface area (Å²) in [6.07, 6.45) is 2.66. The molecule has 38 heavy (non-hydrogen) atoms. The Kier molecular flexibility index (Phi) is 8.62. The summed E-state index contributed by atoms with van der Waals surface area (Å²) < 4.78 is 39.4. The lowest BCUT2D eigenvalue weighted by molar-refractivity contribution is -0.140. The molecule has 1 N–H and O–H groups in total. The molecule has 0 fully saturated rings. The fourth-order valence-corrected chi connectivity index (χ4v) is 5.42. The highest BCUT2D eigenvalue weighted by molar-refractivity contribution is 7.90. The van der Waals surface area contributed by atoms with E-state index in [-0.39, 0.29) is 17.8 Å². The Labute approximate surface area is 225 Å². The normalized spacial score (nSPS) is 14.7. The van der Waals surface area contributed by atoms with Crippen molar-refractivity contribution >= 4 is 21.5 Å². The molecule has 1 aliphatic rings. The number of anilines is 1. The van der Waals surface area contributed by atoms with Crippen molar-refractivity contribution in [3.63, 3.8) is 0 Å². The van der Waals surface area contributed by atoms with E-state index in [0.29, 0.717) is 32.5 Å². The van der Waals surface area contributed by atoms with E-state index in [1.165, 1.54) is 13.4 Å². The van der Waals surface area contributed by atoms with Crippen LogP contribution in [0.5, 0.6) is 11.5 Å². The van der Waals surface area contributed by atoms with Gasteiger partial charge in [0.1, 0.15) is 27.9 Å². The zero-order valence-corrected chi connectivity index (χ0v) is 23.2. The molecule has 0 radical (unpaired) electrons. The Morgan fingerprint density at radius 1 is 1.08 bits per heavy atom. The zero-order chi connectivity index (χ0) is 27.3. The van der Waals surface area contributed by atoms with Crippen molar-refractivity contribution < 1.29 is 27.4 Å². The monoisotopic (exact) mass is 537 g/mol. The first-order valence-electron chi connectivity index (χ1n) is 12.7. The summed E-state index contributed by atoms with van der Waals surface area (Å²) in [4.78, 5) is 11.5. The maximum Gasteiger partial charge on any atom is 0.305 e. The van der Waals surface area contributed by atoms with Crippen LogP contribution in [0.1, 0.15) is 41.1 Å². The quantitative estimate of drug-likeness (QED) is 0.272. The minimum atomic E-state index is -2.99. The van der Waals surface area contributed by atoms with Crippen molar-refractivity contribution in [1.29, 1.82) is 0 Å². The van der Waals surface area contributed by atoms with Crippen LogP contribution in [0.2, 0.25) is 0 Å². The van der Waals surface area contributed by atoms with E-state index in [9.17, 15) is 13.2 Å². The smallest absolute Gasteiger partial charge is 0.305 e. The van der Waals surface area contributed by atoms with Gasteiger partial charge in [0.25, 0.3) is 0 Å². The second-order valence-corrected chi connectivity index (χ2v) is 12.1. The summed E-state index contributed by atoms with van der Waals surface area (Å²) in [5, 5.41) is 3.59. The number of aryl methyl sites for hydroxylation is 3. The lowest BCUT2D eigenvalue weighted by atomic mass is 9.93. The average molecular weight is 538 g/mol. The third kappa shape index (κ3) is 7.07. The van der Waals surface area contributed by atoms with Gasteiger partial charge in [-0.05, 0) is 90.4 Å². The van der Waals surface area contributed by atoms with Crippen LogP contribution in [0.3, 0.4) is 0 Å². The van der Waals surface area contributed by atoms with Gasteiger partial charge in [0.15, 0.2) is 0 Å². The third-order valence-corrected chi connectivity index (χ3v) is 7.67. The molecule has 8 heteroatoms. The molecular formula is C30H35NO6S. The second-order valence-electron chi connectivity index (χ2n) is 9.80. The molecular weight excluding hydrogens is 502 g/mol. The number of rotatable bonds is 10. The molecule has 0 amide bonds. The van der Waals surface area contributed by atoms with Crippen molar-refractivity contribution in [3.05, 3.63) is 76.9 Å². The van der Waals surface area contributed by atoms with E-state index in [4.69, 9.17) is 14.2 Å². The molecule has 4 rings (SSSR count). The van der Waals surface area contributed by atoms with Gasteiger partial charge in [-0.1, -0.05) is 24.3 Å². The summed E-state index contributed by atoms with van der Waals surface area (Å²) in [6, 6.07) is 18.5. The molecule has 0 aromatic heterocycles. The van der Waals surface area contributed by atoms with Crippen LogP contribution in [-0.2, 0) is 25.8 Å². The van der Waals surface area contributed by atoms with Crippen LogP contribution in [0.15, 0.2) is 54.6 Å². The van der Waals surface area contributed by atoms with Gasteiger partial charge >= 0.3 is 5.97 Å². The first-order valence-corrected chi connectivity index (χ1v) is 14.8. The van der Waals surface area contributed by atoms with E-state index in [1.807, 2.05) is 30.3 Å². The Hall–Kier alpha value is -3.52. The number of carbonyl (C=O) groups excluding carboxylic acids is 1. The number of sulfone groups is 1. The molecule has 0 saturated heterocycles. The van der Waals surface area contributed by atoms with E-state index in [1.54, 1.807) is 0 Å². The highest BCUT2D eigenvalue weighted by Gasteiger charge is 2.22. The minimum Gasteiger partial charge on any atom is -0.494 e. The minimum absolute atomic E-state index is 0.00133. The summed E-state index contributed by atoms with van der Waals surface area (Å²) in [5.74, 6) is 1.44. The summed E-state index contributed by atoms with van der Waals surface area (Å²) in [7, 11) is -1.59. The van der Waals surface area contributed by atoms with Gasteiger partial charge in [-0.25, -0.2) is 8.42 Å². The lowest BCUT2D eigenvalue weighted by Gasteiger charge is -2.28. The molecule has 0 spiro atoms. The Morgan fingerprint density at radius 3 is 2.55 bits per heavy atom. The fourth-order valence-electron chi connectivity index (χ4n) is 4.78. The van der Waals surface area contributed by atoms with Crippen LogP contribution in [0.4, 0.5) is 5.69 Å². The molecule has 0 bridgehead atoms. The topological polar surface area (TPSA) is 90.9 Å². The number of carbonyl (C=O) groups is 1. The van der Waals surface area contributed by atoms with Gasteiger partial charge < -0.3 is 19.5 Å². The largest absolute Gasteiger partial charge is 0.494 e. The number of hydrogen-bond donors (Lipinski definition) is 1. The molecule has 1 heterocycles. The molecule has 3 aromatic rings. The van der Waals surface area contributed by atoms with Gasteiger partial charge in [0.05, 0.1) is 31.2 Å². The van der Waals surface area contributed by atoms with Gasteiger partial charge in [0.2, 0.25) is 0 Å². The number of benzene rings is 3. The van der Waals surface area contributed by atoms with Gasteiger partial charge in [-0.15, -0.1) is 0 Å². The Morgan fingerprint density at radius 2 is 1.84 bits per heavy atom. The Bertz CT molecular complexity index is 1390. The number of hydrogen-bond acceptors (Lipinski definition) is 7. The van der Waals surface area contributed by atoms with Crippen LogP contribution >= 0.6 is 0 Å². The highest BCUT2D eigenvalue weighted by Crippen LogP contribution is 2.37. The van der Waals surface area contributed by atoms with Crippen LogP contribution < -0.4 is 14.8 Å². The predicted octanol–water partition coefficient (Wildman–Crippen LogP) is 5.44. The molecule has 3 aromatic carbocycles. The van der Waals surface area contributed by atoms with Crippen LogP contribution in [-0.4, -0.2) is 46.7 Å². The molecule has 1 unspecified atom stereocenters. The van der Waals surface area contributed by atoms with Crippen molar-refractivity contribution in [2.24, 2.45) is 0 Å². The number of nitrogens with one attached hydrogen (secondary N) is 1. The van der Waals surface area contributed by atoms with Gasteiger partial charge in [-0.3, -0.25) is 4.79 Å². The number of esters is 1. The van der Waals surface area contributed by atoms with Crippen LogP contribution in [0, 0.1) is 13.8 Å². The third-order valence-electron chi connectivity index (χ3n) is 6.64. The van der Waals surface area contributed by atoms with E-state index < -0.39 is 9.84 Å². The molecule has 202 valence electrons. The highest BCUT2D eigenvalue weighted by atomic mass is 32.2. The van der Waals surface area contributed by atoms with Crippen LogP contribution in [0.25, 0.3) is 11.1 Å². The van der Waals surface area contributed by atoms with Gasteiger partial charge in [-0.2, -0.15) is 0 Å². The Balaban J connectivity index is 1.46. The van der Waals surface area contributed by atoms with E-state index in [0.717, 1.165) is 50.6 Å². The zero-order valence-electron chi connectivity index (χ0n) is 22.4. The molecule has 1 atom stereocenters. The maximum absolute atomic E-state index is 11.5. The molecule has 1 aliphatic heterocycles. The van der Waals surface area contributed by atoms with E-state index in [2.05, 4.69) is 43.4 Å². The first-order chi connectivity index (χ1) is 18.1. The predicted molar refractivity (Wildman–Crippen MR) is 150 cm³/mol. The summed E-state index contributed by atoms with van der Waals surface area (Å²) >= 11 is 0.